The number of ether oxygens (including phenoxy) is 1. The largest absolute Gasteiger partial charge is 0.490 e. The molecule has 0 radical (unpaired) electrons. The normalized spacial score (nSPS) is 11.5. The van der Waals surface area contributed by atoms with Crippen molar-refractivity contribution in [1.29, 1.82) is 5.26 Å². The molecule has 0 spiro atoms. The first kappa shape index (κ1) is 15.7. The summed E-state index contributed by atoms with van der Waals surface area (Å²) in [5.41, 5.74) is 2.43. The highest BCUT2D eigenvalue weighted by molar-refractivity contribution is 9.10. The summed E-state index contributed by atoms with van der Waals surface area (Å²) in [5.74, 6) is 0.797. The van der Waals surface area contributed by atoms with Gasteiger partial charge in [0.15, 0.2) is 0 Å². The van der Waals surface area contributed by atoms with Crippen molar-refractivity contribution in [1.82, 2.24) is 4.98 Å². The number of thiazole rings is 1. The van der Waals surface area contributed by atoms with Crippen LogP contribution in [0.2, 0.25) is 0 Å². The van der Waals surface area contributed by atoms with Crippen LogP contribution in [0.5, 0.6) is 5.75 Å². The van der Waals surface area contributed by atoms with Gasteiger partial charge in [0.1, 0.15) is 16.8 Å². The summed E-state index contributed by atoms with van der Waals surface area (Å²) in [6.07, 6.45) is 1.96. The summed E-state index contributed by atoms with van der Waals surface area (Å²) in [6.45, 7) is 5.89. The smallest absolute Gasteiger partial charge is 0.134 e. The highest BCUT2D eigenvalue weighted by Gasteiger charge is 2.08. The Hall–Kier alpha value is -1.64. The van der Waals surface area contributed by atoms with Crippen molar-refractivity contribution in [2.24, 2.45) is 0 Å². The minimum Gasteiger partial charge on any atom is -0.490 e. The van der Waals surface area contributed by atoms with Gasteiger partial charge in [-0.2, -0.15) is 5.26 Å². The van der Waals surface area contributed by atoms with Crippen molar-refractivity contribution in [2.75, 3.05) is 0 Å². The Labute approximate surface area is 137 Å². The highest BCUT2D eigenvalue weighted by atomic mass is 79.9. The summed E-state index contributed by atoms with van der Waals surface area (Å²) >= 11 is 4.98. The molecular formula is C16H15BrN2OS. The molecule has 21 heavy (non-hydrogen) atoms. The van der Waals surface area contributed by atoms with Gasteiger partial charge in [0.2, 0.25) is 0 Å². The fourth-order valence-electron chi connectivity index (χ4n) is 1.74. The van der Waals surface area contributed by atoms with Gasteiger partial charge >= 0.3 is 0 Å². The zero-order chi connectivity index (χ0) is 15.4. The zero-order valence-electron chi connectivity index (χ0n) is 12.1. The molecule has 0 bridgehead atoms. The molecule has 0 aliphatic rings. The van der Waals surface area contributed by atoms with Crippen LogP contribution >= 0.6 is 27.3 Å². The molecule has 0 atom stereocenters. The maximum atomic E-state index is 9.30. The topological polar surface area (TPSA) is 45.9 Å². The zero-order valence-corrected chi connectivity index (χ0v) is 14.5. The number of aryl methyl sites for hydroxylation is 1. The average molecular weight is 363 g/mol. The molecule has 1 aromatic heterocycles. The Morgan fingerprint density at radius 2 is 2.24 bits per heavy atom. The number of allylic oxidation sites excluding steroid dienone is 1. The molecular weight excluding hydrogens is 348 g/mol. The molecule has 108 valence electrons. The third-order valence-corrected chi connectivity index (χ3v) is 4.21. The Balaban J connectivity index is 2.31. The number of nitriles is 1. The summed E-state index contributed by atoms with van der Waals surface area (Å²) < 4.78 is 6.55. The fraction of sp³-hybridized carbons (Fsp3) is 0.250. The predicted molar refractivity (Wildman–Crippen MR) is 90.2 cm³/mol. The van der Waals surface area contributed by atoms with Crippen LogP contribution in [0.1, 0.15) is 30.1 Å². The van der Waals surface area contributed by atoms with Crippen molar-refractivity contribution < 1.29 is 4.74 Å². The molecule has 2 aromatic rings. The molecule has 5 heteroatoms. The molecule has 0 fully saturated rings. The molecule has 0 aliphatic carbocycles. The van der Waals surface area contributed by atoms with Crippen LogP contribution in [-0.4, -0.2) is 11.1 Å². The van der Waals surface area contributed by atoms with Crippen molar-refractivity contribution in [2.45, 2.75) is 26.9 Å². The average Bonchev–Trinajstić information content (AvgIpc) is 2.85. The number of halogens is 1. The van der Waals surface area contributed by atoms with Crippen molar-refractivity contribution in [3.8, 4) is 11.8 Å². The van der Waals surface area contributed by atoms with Crippen molar-refractivity contribution >= 4 is 38.9 Å². The van der Waals surface area contributed by atoms with Gasteiger partial charge in [-0.25, -0.2) is 4.98 Å². The van der Waals surface area contributed by atoms with Crippen LogP contribution < -0.4 is 4.74 Å². The van der Waals surface area contributed by atoms with E-state index in [4.69, 9.17) is 4.74 Å². The van der Waals surface area contributed by atoms with E-state index in [1.165, 1.54) is 11.3 Å². The molecule has 0 saturated carbocycles. The minimum atomic E-state index is 0.121. The minimum absolute atomic E-state index is 0.121. The van der Waals surface area contributed by atoms with Gasteiger partial charge in [0, 0.05) is 11.1 Å². The molecule has 3 nitrogen and oxygen atoms in total. The second kappa shape index (κ2) is 6.88. The van der Waals surface area contributed by atoms with Gasteiger partial charge < -0.3 is 4.74 Å². The molecule has 0 amide bonds. The Morgan fingerprint density at radius 1 is 1.48 bits per heavy atom. The molecule has 0 unspecified atom stereocenters. The van der Waals surface area contributed by atoms with Crippen LogP contribution in [0.4, 0.5) is 0 Å². The van der Waals surface area contributed by atoms with E-state index >= 15 is 0 Å². The van der Waals surface area contributed by atoms with Gasteiger partial charge in [-0.3, -0.25) is 0 Å². The third-order valence-electron chi connectivity index (χ3n) is 2.60. The van der Waals surface area contributed by atoms with Crippen LogP contribution in [0.25, 0.3) is 11.6 Å². The Bertz CT molecular complexity index is 713. The highest BCUT2D eigenvalue weighted by Crippen LogP contribution is 2.29. The van der Waals surface area contributed by atoms with Gasteiger partial charge in [-0.15, -0.1) is 11.3 Å². The maximum Gasteiger partial charge on any atom is 0.134 e. The SMILES string of the molecule is Cc1csc(/C(C#N)=C\c2ccc(OC(C)C)c(Br)c2)n1. The van der Waals surface area contributed by atoms with Crippen LogP contribution in [0.15, 0.2) is 28.1 Å². The van der Waals surface area contributed by atoms with E-state index in [2.05, 4.69) is 27.0 Å². The maximum absolute atomic E-state index is 9.30. The second-order valence-electron chi connectivity index (χ2n) is 4.82. The van der Waals surface area contributed by atoms with E-state index < -0.39 is 0 Å². The van der Waals surface area contributed by atoms with E-state index in [9.17, 15) is 5.26 Å². The first-order valence-electron chi connectivity index (χ1n) is 6.50. The van der Waals surface area contributed by atoms with E-state index in [1.54, 1.807) is 0 Å². The Morgan fingerprint density at radius 3 is 2.76 bits per heavy atom. The molecule has 2 rings (SSSR count). The van der Waals surface area contributed by atoms with Gasteiger partial charge in [-0.1, -0.05) is 6.07 Å². The van der Waals surface area contributed by atoms with E-state index in [1.807, 2.05) is 50.4 Å². The molecule has 0 N–H and O–H groups in total. The summed E-state index contributed by atoms with van der Waals surface area (Å²) in [4.78, 5) is 4.35. The lowest BCUT2D eigenvalue weighted by Crippen LogP contribution is -2.05. The first-order valence-corrected chi connectivity index (χ1v) is 8.17. The standard InChI is InChI=1S/C16H15BrN2OS/c1-10(2)20-15-5-4-12(7-14(15)17)6-13(8-18)16-19-11(3)9-21-16/h4-7,9-10H,1-3H3/b13-6-. The molecule has 0 saturated heterocycles. The number of benzene rings is 1. The van der Waals surface area contributed by atoms with Crippen LogP contribution in [0, 0.1) is 18.3 Å². The van der Waals surface area contributed by atoms with Crippen LogP contribution in [-0.2, 0) is 0 Å². The predicted octanol–water partition coefficient (Wildman–Crippen LogP) is 5.07. The van der Waals surface area contributed by atoms with E-state index in [-0.39, 0.29) is 6.10 Å². The summed E-state index contributed by atoms with van der Waals surface area (Å²) in [7, 11) is 0. The second-order valence-corrected chi connectivity index (χ2v) is 6.53. The lowest BCUT2D eigenvalue weighted by molar-refractivity contribution is 0.241. The lowest BCUT2D eigenvalue weighted by Gasteiger charge is -2.11. The van der Waals surface area contributed by atoms with E-state index in [0.717, 1.165) is 26.5 Å². The fourth-order valence-corrected chi connectivity index (χ4v) is 3.00. The molecule has 1 aromatic carbocycles. The Kier molecular flexibility index (Phi) is 5.16. The number of rotatable bonds is 4. The van der Waals surface area contributed by atoms with Gasteiger partial charge in [0.05, 0.1) is 16.1 Å². The quantitative estimate of drug-likeness (QED) is 0.713. The number of hydrogen-bond acceptors (Lipinski definition) is 4. The number of aromatic nitrogens is 1. The molecule has 1 heterocycles. The third kappa shape index (κ3) is 4.16. The number of hydrogen-bond donors (Lipinski definition) is 0. The van der Waals surface area contributed by atoms with Gasteiger partial charge in [-0.05, 0) is 60.5 Å². The van der Waals surface area contributed by atoms with Gasteiger partial charge in [0.25, 0.3) is 0 Å². The lowest BCUT2D eigenvalue weighted by atomic mass is 10.1. The molecule has 0 aliphatic heterocycles. The monoisotopic (exact) mass is 362 g/mol. The van der Waals surface area contributed by atoms with E-state index in [0.29, 0.717) is 5.57 Å². The van der Waals surface area contributed by atoms with Crippen molar-refractivity contribution in [3.63, 3.8) is 0 Å². The summed E-state index contributed by atoms with van der Waals surface area (Å²) in [6, 6.07) is 7.98. The first-order chi connectivity index (χ1) is 9.99. The number of nitrogens with zero attached hydrogens (tertiary/aromatic N) is 2. The summed E-state index contributed by atoms with van der Waals surface area (Å²) in [5, 5.41) is 12.0. The van der Waals surface area contributed by atoms with Crippen molar-refractivity contribution in [3.05, 3.63) is 44.3 Å². The van der Waals surface area contributed by atoms with Crippen LogP contribution in [0.3, 0.4) is 0 Å².